The van der Waals surface area contributed by atoms with Gasteiger partial charge in [-0.1, -0.05) is 20.8 Å². The van der Waals surface area contributed by atoms with Crippen LogP contribution in [0.25, 0.3) is 11.1 Å². The predicted molar refractivity (Wildman–Crippen MR) is 134 cm³/mol. The van der Waals surface area contributed by atoms with E-state index in [1.54, 1.807) is 31.0 Å². The lowest BCUT2D eigenvalue weighted by Gasteiger charge is -2.62. The molecule has 4 atom stereocenters. The molecular weight excluding hydrogens is 440 g/mol. The Kier molecular flexibility index (Phi) is 6.13. The number of fused-ring (bicyclic) bond motifs is 2. The van der Waals surface area contributed by atoms with E-state index in [1.807, 2.05) is 24.3 Å². The molecule has 3 aliphatic rings. The summed E-state index contributed by atoms with van der Waals surface area (Å²) in [5, 5.41) is 10.9. The summed E-state index contributed by atoms with van der Waals surface area (Å²) in [6.07, 6.45) is 10.8. The van der Waals surface area contributed by atoms with Crippen molar-refractivity contribution in [3.63, 3.8) is 0 Å². The van der Waals surface area contributed by atoms with E-state index in [1.165, 1.54) is 11.1 Å². The van der Waals surface area contributed by atoms with E-state index in [0.29, 0.717) is 41.0 Å². The Hall–Kier alpha value is -3.55. The fraction of sp³-hybridized carbons (Fsp3) is 0.444. The standard InChI is InChI=1S/C27H32N6O2/c1-17-21-12-20(27(21,2)3)13-22(17)32-23-15-31-33(26(35)25(23)19-6-10-29-11-7-19)16-24(34)30-14-18-4-8-28-9-5-18/h4-11,15,17,20-22,32H,12-14,16H2,1-3H3,(H,30,34)/t17-,20+,21?,22?/m1/s1. The maximum Gasteiger partial charge on any atom is 0.277 e. The van der Waals surface area contributed by atoms with Crippen molar-refractivity contribution in [2.75, 3.05) is 5.32 Å². The predicted octanol–water partition coefficient (Wildman–Crippen LogP) is 3.50. The fourth-order valence-electron chi connectivity index (χ4n) is 5.94. The van der Waals surface area contributed by atoms with E-state index in [9.17, 15) is 9.59 Å². The van der Waals surface area contributed by atoms with Crippen LogP contribution in [0.1, 0.15) is 39.2 Å². The van der Waals surface area contributed by atoms with E-state index in [2.05, 4.69) is 46.5 Å². The summed E-state index contributed by atoms with van der Waals surface area (Å²) in [5.74, 6) is 1.60. The zero-order chi connectivity index (χ0) is 24.6. The van der Waals surface area contributed by atoms with Crippen molar-refractivity contribution in [2.45, 2.75) is 52.7 Å². The van der Waals surface area contributed by atoms with Gasteiger partial charge in [0.15, 0.2) is 0 Å². The first-order valence-electron chi connectivity index (χ1n) is 12.3. The lowest BCUT2D eigenvalue weighted by atomic mass is 9.45. The van der Waals surface area contributed by atoms with Crippen LogP contribution in [0.4, 0.5) is 5.69 Å². The van der Waals surface area contributed by atoms with E-state index in [0.717, 1.165) is 17.5 Å². The second-order valence-corrected chi connectivity index (χ2v) is 10.5. The number of amides is 1. The molecule has 1 amide bonds. The van der Waals surface area contributed by atoms with Gasteiger partial charge in [0.05, 0.1) is 17.4 Å². The second-order valence-electron chi connectivity index (χ2n) is 10.5. The molecular formula is C27H32N6O2. The Morgan fingerprint density at radius 3 is 2.43 bits per heavy atom. The highest BCUT2D eigenvalue weighted by atomic mass is 16.2. The number of anilines is 1. The first kappa shape index (κ1) is 23.2. The van der Waals surface area contributed by atoms with Gasteiger partial charge in [0.1, 0.15) is 6.54 Å². The summed E-state index contributed by atoms with van der Waals surface area (Å²) in [5.41, 5.74) is 3.02. The van der Waals surface area contributed by atoms with Crippen molar-refractivity contribution in [3.8, 4) is 11.1 Å². The summed E-state index contributed by atoms with van der Waals surface area (Å²) in [4.78, 5) is 34.2. The van der Waals surface area contributed by atoms with Crippen LogP contribution >= 0.6 is 0 Å². The van der Waals surface area contributed by atoms with Gasteiger partial charge in [-0.05, 0) is 71.4 Å². The normalized spacial score (nSPS) is 24.3. The van der Waals surface area contributed by atoms with Crippen molar-refractivity contribution < 1.29 is 4.79 Å². The zero-order valence-electron chi connectivity index (χ0n) is 20.4. The summed E-state index contributed by atoms with van der Waals surface area (Å²) in [6, 6.07) is 7.60. The van der Waals surface area contributed by atoms with Crippen LogP contribution in [0.3, 0.4) is 0 Å². The van der Waals surface area contributed by atoms with Gasteiger partial charge in [-0.3, -0.25) is 19.6 Å². The van der Waals surface area contributed by atoms with Gasteiger partial charge in [-0.25, -0.2) is 4.68 Å². The number of pyridine rings is 2. The number of carbonyl (C=O) groups excluding carboxylic acids is 1. The number of nitrogens with one attached hydrogen (secondary N) is 2. The average Bonchev–Trinajstić information content (AvgIpc) is 2.86. The Morgan fingerprint density at radius 2 is 1.77 bits per heavy atom. The Labute approximate surface area is 205 Å². The minimum atomic E-state index is -0.297. The maximum atomic E-state index is 13.6. The molecule has 2 unspecified atom stereocenters. The van der Waals surface area contributed by atoms with Crippen molar-refractivity contribution >= 4 is 11.6 Å². The zero-order valence-corrected chi connectivity index (χ0v) is 20.4. The minimum absolute atomic E-state index is 0.152. The highest BCUT2D eigenvalue weighted by molar-refractivity contribution is 5.78. The topological polar surface area (TPSA) is 102 Å². The third-order valence-electron chi connectivity index (χ3n) is 8.24. The molecule has 0 aromatic carbocycles. The molecule has 8 heteroatoms. The molecule has 6 rings (SSSR count). The molecule has 3 heterocycles. The van der Waals surface area contributed by atoms with Gasteiger partial charge < -0.3 is 10.6 Å². The molecule has 3 aromatic heterocycles. The van der Waals surface area contributed by atoms with E-state index < -0.39 is 0 Å². The summed E-state index contributed by atoms with van der Waals surface area (Å²) in [7, 11) is 0. The quantitative estimate of drug-likeness (QED) is 0.546. The number of hydrogen-bond donors (Lipinski definition) is 2. The molecule has 0 spiro atoms. The van der Waals surface area contributed by atoms with Crippen molar-refractivity contribution in [2.24, 2.45) is 23.2 Å². The molecule has 3 fully saturated rings. The SMILES string of the molecule is C[C@H]1C(Nc2cnn(CC(=O)NCc3ccncc3)c(=O)c2-c2ccncc2)C[C@@H]2CC1C2(C)C. The summed E-state index contributed by atoms with van der Waals surface area (Å²) >= 11 is 0. The first-order chi connectivity index (χ1) is 16.8. The number of rotatable bonds is 7. The molecule has 3 aromatic rings. The van der Waals surface area contributed by atoms with E-state index >= 15 is 0 Å². The van der Waals surface area contributed by atoms with Crippen LogP contribution in [-0.4, -0.2) is 31.7 Å². The van der Waals surface area contributed by atoms with Crippen molar-refractivity contribution in [1.82, 2.24) is 25.1 Å². The maximum absolute atomic E-state index is 13.6. The van der Waals surface area contributed by atoms with Crippen LogP contribution in [0.5, 0.6) is 0 Å². The number of carbonyl (C=O) groups is 1. The third kappa shape index (κ3) is 4.45. The Morgan fingerprint density at radius 1 is 1.09 bits per heavy atom. The van der Waals surface area contributed by atoms with Gasteiger partial charge in [0.25, 0.3) is 5.56 Å². The molecule has 0 saturated heterocycles. The molecule has 35 heavy (non-hydrogen) atoms. The molecule has 3 saturated carbocycles. The molecule has 2 bridgehead atoms. The van der Waals surface area contributed by atoms with E-state index in [4.69, 9.17) is 0 Å². The van der Waals surface area contributed by atoms with Crippen LogP contribution in [0, 0.1) is 23.2 Å². The van der Waals surface area contributed by atoms with Gasteiger partial charge >= 0.3 is 0 Å². The largest absolute Gasteiger partial charge is 0.380 e. The number of nitrogens with zero attached hydrogens (tertiary/aromatic N) is 4. The van der Waals surface area contributed by atoms with Crippen LogP contribution in [0.15, 0.2) is 60.0 Å². The molecule has 0 aliphatic heterocycles. The number of hydrogen-bond acceptors (Lipinski definition) is 6. The molecule has 2 N–H and O–H groups in total. The number of aromatic nitrogens is 4. The lowest BCUT2D eigenvalue weighted by molar-refractivity contribution is -0.122. The van der Waals surface area contributed by atoms with Gasteiger partial charge in [0, 0.05) is 37.4 Å². The third-order valence-corrected chi connectivity index (χ3v) is 8.24. The highest BCUT2D eigenvalue weighted by Gasteiger charge is 2.56. The van der Waals surface area contributed by atoms with Crippen LogP contribution in [0.2, 0.25) is 0 Å². The van der Waals surface area contributed by atoms with Crippen molar-refractivity contribution in [3.05, 3.63) is 71.2 Å². The summed E-state index contributed by atoms with van der Waals surface area (Å²) < 4.78 is 1.23. The van der Waals surface area contributed by atoms with Gasteiger partial charge in [-0.2, -0.15) is 5.10 Å². The lowest BCUT2D eigenvalue weighted by Crippen LogP contribution is -2.58. The Bertz CT molecular complexity index is 1260. The smallest absolute Gasteiger partial charge is 0.277 e. The van der Waals surface area contributed by atoms with Gasteiger partial charge in [0.2, 0.25) is 5.91 Å². The highest BCUT2D eigenvalue weighted by Crippen LogP contribution is 2.61. The fourth-order valence-corrected chi connectivity index (χ4v) is 5.94. The van der Waals surface area contributed by atoms with Gasteiger partial charge in [-0.15, -0.1) is 0 Å². The molecule has 3 aliphatic carbocycles. The minimum Gasteiger partial charge on any atom is -0.380 e. The van der Waals surface area contributed by atoms with Crippen molar-refractivity contribution in [1.29, 1.82) is 0 Å². The van der Waals surface area contributed by atoms with Crippen LogP contribution < -0.4 is 16.2 Å². The average molecular weight is 473 g/mol. The second kappa shape index (κ2) is 9.24. The molecule has 8 nitrogen and oxygen atoms in total. The Balaban J connectivity index is 1.38. The molecule has 182 valence electrons. The van der Waals surface area contributed by atoms with E-state index in [-0.39, 0.29) is 24.1 Å². The first-order valence-corrected chi connectivity index (χ1v) is 12.3. The molecule has 0 radical (unpaired) electrons. The summed E-state index contributed by atoms with van der Waals surface area (Å²) in [6.45, 7) is 7.28. The monoisotopic (exact) mass is 472 g/mol. The van der Waals surface area contributed by atoms with Crippen LogP contribution in [-0.2, 0) is 17.9 Å².